The van der Waals surface area contributed by atoms with Crippen LogP contribution in [-0.4, -0.2) is 46.9 Å². The normalized spacial score (nSPS) is 13.8. The number of ether oxygens (including phenoxy) is 1. The van der Waals surface area contributed by atoms with Gasteiger partial charge < -0.3 is 20.3 Å². The van der Waals surface area contributed by atoms with Gasteiger partial charge in [-0.05, 0) is 70.6 Å². The second-order valence-electron chi connectivity index (χ2n) is 18.0. The molecule has 0 radical (unpaired) electrons. The van der Waals surface area contributed by atoms with Gasteiger partial charge in [-0.25, -0.2) is 0 Å². The van der Waals surface area contributed by atoms with Crippen LogP contribution >= 0.6 is 0 Å². The second-order valence-corrected chi connectivity index (χ2v) is 18.0. The van der Waals surface area contributed by atoms with E-state index >= 15 is 0 Å². The molecule has 6 heteroatoms. The number of nitrogens with one attached hydrogen (secondary N) is 1. The van der Waals surface area contributed by atoms with Gasteiger partial charge in [-0.15, -0.1) is 0 Å². The summed E-state index contributed by atoms with van der Waals surface area (Å²) in [6.45, 7) is 6.33. The van der Waals surface area contributed by atoms with E-state index in [9.17, 15) is 19.8 Å². The highest BCUT2D eigenvalue weighted by Crippen LogP contribution is 2.17. The van der Waals surface area contributed by atoms with Gasteiger partial charge >= 0.3 is 5.97 Å². The largest absolute Gasteiger partial charge is 0.462 e. The molecule has 0 aromatic rings. The van der Waals surface area contributed by atoms with Crippen molar-refractivity contribution in [1.82, 2.24) is 5.32 Å². The van der Waals surface area contributed by atoms with Gasteiger partial charge in [-0.1, -0.05) is 241 Å². The number of allylic oxidation sites excluding steroid dienone is 12. The molecule has 0 aromatic heterocycles. The summed E-state index contributed by atoms with van der Waals surface area (Å²) in [4.78, 5) is 26.2. The van der Waals surface area contributed by atoms with Crippen LogP contribution in [0, 0.1) is 0 Å². The van der Waals surface area contributed by atoms with E-state index in [0.717, 1.165) is 83.5 Å². The van der Waals surface area contributed by atoms with E-state index in [1.54, 1.807) is 0 Å². The zero-order valence-corrected chi connectivity index (χ0v) is 41.4. The Balaban J connectivity index is 4.67. The average Bonchev–Trinajstić information content (AvgIpc) is 3.28. The molecule has 0 spiro atoms. The summed E-state index contributed by atoms with van der Waals surface area (Å²) in [7, 11) is 0. The van der Waals surface area contributed by atoms with Crippen LogP contribution in [0.25, 0.3) is 0 Å². The minimum atomic E-state index is -0.805. The molecule has 3 atom stereocenters. The number of esters is 1. The Morgan fingerprint density at radius 3 is 1.33 bits per heavy atom. The molecule has 0 aromatic carbocycles. The molecule has 0 fully saturated rings. The smallest absolute Gasteiger partial charge is 0.306 e. The highest BCUT2D eigenvalue weighted by molar-refractivity contribution is 5.77. The highest BCUT2D eigenvalue weighted by atomic mass is 16.5. The van der Waals surface area contributed by atoms with E-state index < -0.39 is 18.2 Å². The fraction of sp³-hybridized carbons (Fsp3) is 0.754. The summed E-state index contributed by atoms with van der Waals surface area (Å²) in [5.41, 5.74) is 0. The van der Waals surface area contributed by atoms with Gasteiger partial charge in [0.15, 0.2) is 0 Å². The van der Waals surface area contributed by atoms with E-state index in [0.29, 0.717) is 19.3 Å². The van der Waals surface area contributed by atoms with Crippen LogP contribution in [0.1, 0.15) is 252 Å². The fourth-order valence-corrected chi connectivity index (χ4v) is 7.84. The van der Waals surface area contributed by atoms with E-state index in [1.807, 2.05) is 24.3 Å². The molecule has 0 rings (SSSR count). The molecule has 364 valence electrons. The van der Waals surface area contributed by atoms with Crippen molar-refractivity contribution in [1.29, 1.82) is 0 Å². The van der Waals surface area contributed by atoms with Crippen molar-refractivity contribution in [3.8, 4) is 0 Å². The number of hydrogen-bond donors (Lipinski definition) is 3. The Morgan fingerprint density at radius 1 is 0.476 bits per heavy atom. The van der Waals surface area contributed by atoms with Crippen molar-refractivity contribution < 1.29 is 24.5 Å². The standard InChI is InChI=1S/C57H101NO5/c1-4-7-10-13-16-19-22-25-27-29-31-33-36-39-42-45-48-53(63-57(62)50-47-44-41-38-35-30-24-21-18-15-12-9-6-3)51-56(61)58-54(52-59)55(60)49-46-43-40-37-34-32-28-26-23-20-17-14-11-8-5-2/h9,12,15,18,21,24,27,29-31,33,35,53-55,59-60H,4-8,10-11,13-14,16-17,19-20,22-23,25-26,28,32,34,36-52H2,1-3H3,(H,58,61)/b12-9+,18-15+,24-21-,29-27+,33-31+,35-30-. The molecule has 6 nitrogen and oxygen atoms in total. The van der Waals surface area contributed by atoms with Crippen LogP contribution in [0.2, 0.25) is 0 Å². The molecule has 0 aliphatic carbocycles. The zero-order valence-electron chi connectivity index (χ0n) is 41.4. The lowest BCUT2D eigenvalue weighted by Crippen LogP contribution is -2.46. The highest BCUT2D eigenvalue weighted by Gasteiger charge is 2.24. The minimum Gasteiger partial charge on any atom is -0.462 e. The summed E-state index contributed by atoms with van der Waals surface area (Å²) in [6.07, 6.45) is 63.9. The van der Waals surface area contributed by atoms with Gasteiger partial charge in [0, 0.05) is 6.42 Å². The number of rotatable bonds is 47. The van der Waals surface area contributed by atoms with Crippen molar-refractivity contribution in [3.05, 3.63) is 72.9 Å². The van der Waals surface area contributed by atoms with Gasteiger partial charge in [-0.2, -0.15) is 0 Å². The topological polar surface area (TPSA) is 95.9 Å². The third kappa shape index (κ3) is 45.7. The van der Waals surface area contributed by atoms with E-state index in [2.05, 4.69) is 74.7 Å². The lowest BCUT2D eigenvalue weighted by atomic mass is 10.0. The summed E-state index contributed by atoms with van der Waals surface area (Å²) >= 11 is 0. The first kappa shape index (κ1) is 60.3. The van der Waals surface area contributed by atoms with Crippen molar-refractivity contribution >= 4 is 11.9 Å². The molecular formula is C57H101NO5. The fourth-order valence-electron chi connectivity index (χ4n) is 7.84. The summed E-state index contributed by atoms with van der Waals surface area (Å²) in [6, 6.07) is -0.721. The lowest BCUT2D eigenvalue weighted by Gasteiger charge is -2.24. The van der Waals surface area contributed by atoms with Crippen LogP contribution < -0.4 is 5.32 Å². The third-order valence-electron chi connectivity index (χ3n) is 11.9. The maximum Gasteiger partial charge on any atom is 0.306 e. The molecule has 0 bridgehead atoms. The molecular weight excluding hydrogens is 779 g/mol. The number of unbranched alkanes of at least 4 members (excludes halogenated alkanes) is 27. The Kier molecular flexibility index (Phi) is 48.1. The Hall–Kier alpha value is -2.70. The summed E-state index contributed by atoms with van der Waals surface area (Å²) < 4.78 is 5.91. The van der Waals surface area contributed by atoms with Gasteiger partial charge in [-0.3, -0.25) is 9.59 Å². The average molecular weight is 880 g/mol. The number of amides is 1. The molecule has 0 aliphatic rings. The van der Waals surface area contributed by atoms with Crippen LogP contribution in [0.5, 0.6) is 0 Å². The monoisotopic (exact) mass is 880 g/mol. The minimum absolute atomic E-state index is 0.0414. The van der Waals surface area contributed by atoms with Crippen LogP contribution in [-0.2, 0) is 14.3 Å². The molecule has 0 saturated heterocycles. The Bertz CT molecular complexity index is 1170. The van der Waals surface area contributed by atoms with E-state index in [-0.39, 0.29) is 24.9 Å². The number of carbonyl (C=O) groups excluding carboxylic acids is 2. The lowest BCUT2D eigenvalue weighted by molar-refractivity contribution is -0.151. The first-order valence-electron chi connectivity index (χ1n) is 26.7. The van der Waals surface area contributed by atoms with Crippen LogP contribution in [0.3, 0.4) is 0 Å². The Labute approximate surface area is 390 Å². The predicted molar refractivity (Wildman–Crippen MR) is 273 cm³/mol. The van der Waals surface area contributed by atoms with Crippen molar-refractivity contribution in [2.24, 2.45) is 0 Å². The van der Waals surface area contributed by atoms with Crippen LogP contribution in [0.15, 0.2) is 72.9 Å². The molecule has 3 unspecified atom stereocenters. The van der Waals surface area contributed by atoms with Crippen LogP contribution in [0.4, 0.5) is 0 Å². The van der Waals surface area contributed by atoms with Gasteiger partial charge in [0.1, 0.15) is 6.10 Å². The molecule has 3 N–H and O–H groups in total. The van der Waals surface area contributed by atoms with Crippen molar-refractivity contribution in [2.45, 2.75) is 270 Å². The molecule has 1 amide bonds. The molecule has 63 heavy (non-hydrogen) atoms. The van der Waals surface area contributed by atoms with Gasteiger partial charge in [0.05, 0.1) is 25.2 Å². The molecule has 0 saturated carbocycles. The number of aliphatic hydroxyl groups is 2. The van der Waals surface area contributed by atoms with Crippen molar-refractivity contribution in [3.63, 3.8) is 0 Å². The first-order valence-corrected chi connectivity index (χ1v) is 26.7. The number of hydrogen-bond acceptors (Lipinski definition) is 5. The third-order valence-corrected chi connectivity index (χ3v) is 11.9. The molecule has 0 aliphatic heterocycles. The Morgan fingerprint density at radius 2 is 0.857 bits per heavy atom. The van der Waals surface area contributed by atoms with Gasteiger partial charge in [0.2, 0.25) is 5.91 Å². The van der Waals surface area contributed by atoms with Crippen molar-refractivity contribution in [2.75, 3.05) is 6.61 Å². The number of carbonyl (C=O) groups is 2. The van der Waals surface area contributed by atoms with E-state index in [1.165, 1.54) is 122 Å². The summed E-state index contributed by atoms with van der Waals surface area (Å²) in [5, 5.41) is 23.8. The maximum atomic E-state index is 13.2. The second kappa shape index (κ2) is 50.3. The first-order chi connectivity index (χ1) is 31.0. The van der Waals surface area contributed by atoms with E-state index in [4.69, 9.17) is 4.74 Å². The summed E-state index contributed by atoms with van der Waals surface area (Å²) in [5.74, 6) is -0.546. The zero-order chi connectivity index (χ0) is 45.9. The predicted octanol–water partition coefficient (Wildman–Crippen LogP) is 16.2. The number of aliphatic hydroxyl groups excluding tert-OH is 2. The SMILES string of the molecule is CC/C=C/C=C/C=C\C=C/CCCCCC(=O)OC(CCCCC/C=C/C=C/CCCCCCCCC)CC(=O)NC(CO)C(O)CCCCCCCCCCCCCCCCC. The maximum absolute atomic E-state index is 13.2. The quantitative estimate of drug-likeness (QED) is 0.0321. The van der Waals surface area contributed by atoms with Gasteiger partial charge in [0.25, 0.3) is 0 Å². The molecule has 0 heterocycles.